The van der Waals surface area contributed by atoms with Gasteiger partial charge in [-0.3, -0.25) is 0 Å². The number of rotatable bonds is 2. The van der Waals surface area contributed by atoms with Crippen molar-refractivity contribution in [1.82, 2.24) is 0 Å². The van der Waals surface area contributed by atoms with E-state index in [0.29, 0.717) is 13.0 Å². The first-order chi connectivity index (χ1) is 11.2. The van der Waals surface area contributed by atoms with Gasteiger partial charge in [0, 0.05) is 5.92 Å². The van der Waals surface area contributed by atoms with E-state index in [1.165, 1.54) is 0 Å². The van der Waals surface area contributed by atoms with E-state index in [1.54, 1.807) is 19.9 Å². The lowest BCUT2D eigenvalue weighted by Gasteiger charge is -2.38. The minimum Gasteiger partial charge on any atom is -0.389 e. The monoisotopic (exact) mass is 334 g/mol. The van der Waals surface area contributed by atoms with Gasteiger partial charge in [-0.25, -0.2) is 0 Å². The zero-order chi connectivity index (χ0) is 17.9. The molecule has 4 heteroatoms. The molecule has 3 N–H and O–H groups in total. The summed E-state index contributed by atoms with van der Waals surface area (Å²) < 4.78 is 5.54. The van der Waals surface area contributed by atoms with Crippen LogP contribution in [0.5, 0.6) is 0 Å². The molecule has 0 aromatic heterocycles. The second kappa shape index (κ2) is 7.79. The number of fused-ring (bicyclic) bond motifs is 1. The molecule has 0 bridgehead atoms. The van der Waals surface area contributed by atoms with Gasteiger partial charge >= 0.3 is 0 Å². The highest BCUT2D eigenvalue weighted by Gasteiger charge is 2.38. The summed E-state index contributed by atoms with van der Waals surface area (Å²) in [5, 5.41) is 30.3. The van der Waals surface area contributed by atoms with Gasteiger partial charge in [-0.1, -0.05) is 42.0 Å². The van der Waals surface area contributed by atoms with Gasteiger partial charge in [0.05, 0.1) is 18.3 Å². The fraction of sp³-hybridized carbons (Fsp3) is 0.600. The van der Waals surface area contributed by atoms with E-state index in [-0.39, 0.29) is 11.8 Å². The first-order valence-electron chi connectivity index (χ1n) is 8.61. The molecular weight excluding hydrogens is 304 g/mol. The van der Waals surface area contributed by atoms with Crippen LogP contribution >= 0.6 is 0 Å². The van der Waals surface area contributed by atoms with Crippen molar-refractivity contribution < 1.29 is 20.1 Å². The molecule has 1 aliphatic carbocycles. The Morgan fingerprint density at radius 1 is 1.33 bits per heavy atom. The predicted molar refractivity (Wildman–Crippen MR) is 95.2 cm³/mol. The first kappa shape index (κ1) is 19.1. The molecule has 4 nitrogen and oxygen atoms in total. The van der Waals surface area contributed by atoms with Gasteiger partial charge in [-0.15, -0.1) is 0 Å². The fourth-order valence-corrected chi connectivity index (χ4v) is 3.51. The van der Waals surface area contributed by atoms with Gasteiger partial charge in [0.1, 0.15) is 0 Å². The highest BCUT2D eigenvalue weighted by molar-refractivity contribution is 5.25. The minimum absolute atomic E-state index is 0.126. The SMILES string of the molecule is C=C1C[C@@H](O)/C=C(\C)CC[C@H]2/C(=C\C=C\C(C)(C)O)CO[C@H](O)[C@@H]12. The lowest BCUT2D eigenvalue weighted by Crippen LogP contribution is -2.39. The van der Waals surface area contributed by atoms with Crippen molar-refractivity contribution in [2.75, 3.05) is 6.61 Å². The zero-order valence-electron chi connectivity index (χ0n) is 14.9. The van der Waals surface area contributed by atoms with Crippen LogP contribution in [0.15, 0.2) is 47.6 Å². The molecular formula is C20H30O4. The second-order valence-electron chi connectivity index (χ2n) is 7.57. The van der Waals surface area contributed by atoms with Crippen molar-refractivity contribution in [1.29, 1.82) is 0 Å². The van der Waals surface area contributed by atoms with Crippen molar-refractivity contribution in [3.8, 4) is 0 Å². The fourth-order valence-electron chi connectivity index (χ4n) is 3.51. The van der Waals surface area contributed by atoms with Crippen LogP contribution in [0.3, 0.4) is 0 Å². The van der Waals surface area contributed by atoms with Crippen LogP contribution in [0.1, 0.15) is 40.0 Å². The molecule has 24 heavy (non-hydrogen) atoms. The molecule has 2 rings (SSSR count). The van der Waals surface area contributed by atoms with Crippen LogP contribution in [-0.2, 0) is 4.74 Å². The van der Waals surface area contributed by atoms with Crippen molar-refractivity contribution in [3.05, 3.63) is 47.6 Å². The number of aliphatic hydroxyl groups is 3. The number of ether oxygens (including phenoxy) is 1. The van der Waals surface area contributed by atoms with Crippen LogP contribution in [0.25, 0.3) is 0 Å². The maximum Gasteiger partial charge on any atom is 0.162 e. The van der Waals surface area contributed by atoms with Crippen LogP contribution in [-0.4, -0.2) is 39.9 Å². The molecule has 0 saturated carbocycles. The average molecular weight is 334 g/mol. The lowest BCUT2D eigenvalue weighted by atomic mass is 9.75. The molecule has 0 unspecified atom stereocenters. The summed E-state index contributed by atoms with van der Waals surface area (Å²) >= 11 is 0. The normalized spacial score (nSPS) is 36.7. The van der Waals surface area contributed by atoms with Crippen LogP contribution in [0.4, 0.5) is 0 Å². The van der Waals surface area contributed by atoms with Gasteiger partial charge in [0.15, 0.2) is 6.29 Å². The Hall–Kier alpha value is -1.20. The Morgan fingerprint density at radius 3 is 2.71 bits per heavy atom. The van der Waals surface area contributed by atoms with Crippen LogP contribution in [0.2, 0.25) is 0 Å². The zero-order valence-corrected chi connectivity index (χ0v) is 14.9. The van der Waals surface area contributed by atoms with Gasteiger partial charge in [0.25, 0.3) is 0 Å². The minimum atomic E-state index is -0.886. The Labute approximate surface area is 144 Å². The topological polar surface area (TPSA) is 69.9 Å². The smallest absolute Gasteiger partial charge is 0.162 e. The summed E-state index contributed by atoms with van der Waals surface area (Å²) in [5.41, 5.74) is 2.21. The summed E-state index contributed by atoms with van der Waals surface area (Å²) in [6.07, 6.45) is 8.17. The summed E-state index contributed by atoms with van der Waals surface area (Å²) in [7, 11) is 0. The number of hydrogen-bond acceptors (Lipinski definition) is 4. The quantitative estimate of drug-likeness (QED) is 0.679. The third-order valence-corrected chi connectivity index (χ3v) is 4.72. The summed E-state index contributed by atoms with van der Waals surface area (Å²) in [6.45, 7) is 9.96. The predicted octanol–water partition coefficient (Wildman–Crippen LogP) is 2.87. The molecule has 1 fully saturated rings. The summed E-state index contributed by atoms with van der Waals surface area (Å²) in [6, 6.07) is 0. The van der Waals surface area contributed by atoms with Gasteiger partial charge < -0.3 is 20.1 Å². The largest absolute Gasteiger partial charge is 0.389 e. The van der Waals surface area contributed by atoms with Crippen molar-refractivity contribution in [3.63, 3.8) is 0 Å². The van der Waals surface area contributed by atoms with E-state index in [4.69, 9.17) is 4.74 Å². The first-order valence-corrected chi connectivity index (χ1v) is 8.61. The van der Waals surface area contributed by atoms with Gasteiger partial charge in [-0.05, 0) is 51.5 Å². The molecule has 0 aromatic rings. The average Bonchev–Trinajstić information content (AvgIpc) is 2.49. The van der Waals surface area contributed by atoms with E-state index >= 15 is 0 Å². The van der Waals surface area contributed by atoms with E-state index in [1.807, 2.05) is 25.2 Å². The van der Waals surface area contributed by atoms with E-state index in [2.05, 4.69) is 6.58 Å². The maximum absolute atomic E-state index is 10.3. The van der Waals surface area contributed by atoms with E-state index in [0.717, 1.165) is 29.6 Å². The third-order valence-electron chi connectivity index (χ3n) is 4.72. The molecule has 1 saturated heterocycles. The highest BCUT2D eigenvalue weighted by atomic mass is 16.6. The standard InChI is InChI=1S/C20H30O4/c1-13-7-8-17-15(6-5-9-20(3,4)23)12-24-19(22)18(17)14(2)11-16(21)10-13/h5-6,9-10,16-19,21-23H,2,7-8,11-12H2,1,3-4H3/b9-5+,13-10+,15-6-/t16-,17-,18-,19-/m0/s1. The highest BCUT2D eigenvalue weighted by Crippen LogP contribution is 2.40. The molecule has 4 atom stereocenters. The Kier molecular flexibility index (Phi) is 6.21. The number of aliphatic hydroxyl groups excluding tert-OH is 2. The van der Waals surface area contributed by atoms with E-state index in [9.17, 15) is 15.3 Å². The van der Waals surface area contributed by atoms with Crippen LogP contribution < -0.4 is 0 Å². The van der Waals surface area contributed by atoms with Crippen molar-refractivity contribution in [2.45, 2.75) is 58.0 Å². The molecule has 0 aromatic carbocycles. The number of allylic oxidation sites excluding steroid dienone is 3. The van der Waals surface area contributed by atoms with Crippen LogP contribution in [0, 0.1) is 11.8 Å². The molecule has 1 aliphatic heterocycles. The Balaban J connectivity index is 2.29. The van der Waals surface area contributed by atoms with E-state index < -0.39 is 18.0 Å². The van der Waals surface area contributed by atoms with Crippen molar-refractivity contribution >= 4 is 0 Å². The second-order valence-corrected chi connectivity index (χ2v) is 7.57. The Morgan fingerprint density at radius 2 is 2.04 bits per heavy atom. The molecule has 1 heterocycles. The van der Waals surface area contributed by atoms with Gasteiger partial charge in [0.2, 0.25) is 0 Å². The molecule has 0 amide bonds. The summed E-state index contributed by atoms with van der Waals surface area (Å²) in [4.78, 5) is 0. The molecule has 2 aliphatic rings. The van der Waals surface area contributed by atoms with Crippen molar-refractivity contribution in [2.24, 2.45) is 11.8 Å². The third kappa shape index (κ3) is 5.15. The summed E-state index contributed by atoms with van der Waals surface area (Å²) in [5.74, 6) is -0.0872. The molecule has 0 spiro atoms. The van der Waals surface area contributed by atoms with Gasteiger partial charge in [-0.2, -0.15) is 0 Å². The number of hydrogen-bond donors (Lipinski definition) is 3. The molecule has 0 radical (unpaired) electrons. The lowest BCUT2D eigenvalue weighted by molar-refractivity contribution is -0.149. The Bertz CT molecular complexity index is 550. The molecule has 134 valence electrons. The maximum atomic E-state index is 10.3.